The molecule has 0 spiro atoms. The Morgan fingerprint density at radius 2 is 2.12 bits per heavy atom. The van der Waals surface area contributed by atoms with Crippen molar-refractivity contribution in [3.05, 3.63) is 17.5 Å². The third-order valence-electron chi connectivity index (χ3n) is 4.60. The number of hydrogen-bond acceptors (Lipinski definition) is 4. The first-order chi connectivity index (χ1) is 12.5. The molecule has 1 aliphatic heterocycles. The Morgan fingerprint density at radius 1 is 1.38 bits per heavy atom. The fourth-order valence-corrected chi connectivity index (χ4v) is 3.20. The number of nitrogens with zero attached hydrogens (tertiary/aromatic N) is 2. The second-order valence-corrected chi connectivity index (χ2v) is 7.28. The Labute approximate surface area is 155 Å². The van der Waals surface area contributed by atoms with Gasteiger partial charge in [0.25, 0.3) is 5.91 Å². The van der Waals surface area contributed by atoms with Gasteiger partial charge in [-0.05, 0) is 44.6 Å². The molecule has 2 heterocycles. The van der Waals surface area contributed by atoms with Crippen LogP contribution in [0.3, 0.4) is 0 Å². The van der Waals surface area contributed by atoms with E-state index < -0.39 is 0 Å². The normalized spacial score (nSPS) is 15.5. The van der Waals surface area contributed by atoms with Gasteiger partial charge >= 0.3 is 0 Å². The number of ether oxygens (including phenoxy) is 1. The molecule has 1 aromatic heterocycles. The van der Waals surface area contributed by atoms with E-state index in [2.05, 4.69) is 29.4 Å². The molecule has 0 radical (unpaired) electrons. The summed E-state index contributed by atoms with van der Waals surface area (Å²) in [5.74, 6) is 0.544. The van der Waals surface area contributed by atoms with Crippen molar-refractivity contribution in [1.29, 1.82) is 0 Å². The molecule has 0 bridgehead atoms. The van der Waals surface area contributed by atoms with Crippen LogP contribution < -0.4 is 5.32 Å². The van der Waals surface area contributed by atoms with Crippen molar-refractivity contribution in [2.75, 3.05) is 32.8 Å². The zero-order chi connectivity index (χ0) is 18.9. The van der Waals surface area contributed by atoms with Gasteiger partial charge in [-0.2, -0.15) is 5.10 Å². The van der Waals surface area contributed by atoms with Gasteiger partial charge in [0.2, 0.25) is 5.91 Å². The minimum absolute atomic E-state index is 0.0122. The monoisotopic (exact) mass is 364 g/mol. The summed E-state index contributed by atoms with van der Waals surface area (Å²) in [5.41, 5.74) is 1.46. The lowest BCUT2D eigenvalue weighted by Crippen LogP contribution is -2.43. The molecular formula is C19H32N4O3. The number of rotatable bonds is 9. The van der Waals surface area contributed by atoms with Crippen molar-refractivity contribution >= 4 is 11.8 Å². The molecule has 0 aromatic carbocycles. The molecular weight excluding hydrogens is 332 g/mol. The highest BCUT2D eigenvalue weighted by atomic mass is 16.5. The van der Waals surface area contributed by atoms with Crippen LogP contribution in [0, 0.1) is 11.8 Å². The molecule has 0 aliphatic carbocycles. The molecule has 1 aromatic rings. The smallest absolute Gasteiger partial charge is 0.274 e. The number of amides is 2. The highest BCUT2D eigenvalue weighted by Crippen LogP contribution is 2.19. The predicted octanol–water partition coefficient (Wildman–Crippen LogP) is 2.00. The van der Waals surface area contributed by atoms with E-state index >= 15 is 0 Å². The molecule has 2 N–H and O–H groups in total. The van der Waals surface area contributed by atoms with Gasteiger partial charge in [-0.15, -0.1) is 0 Å². The van der Waals surface area contributed by atoms with Gasteiger partial charge in [-0.1, -0.05) is 13.8 Å². The van der Waals surface area contributed by atoms with E-state index in [1.807, 2.05) is 13.0 Å². The molecule has 2 amide bonds. The topological polar surface area (TPSA) is 87.3 Å². The SMILES string of the molecule is CCOCCCNC(=O)C1CCN(C(=O)c2cc(CC(C)C)[nH]n2)CC1. The lowest BCUT2D eigenvalue weighted by molar-refractivity contribution is -0.126. The maximum absolute atomic E-state index is 12.6. The van der Waals surface area contributed by atoms with Gasteiger partial charge in [0.15, 0.2) is 0 Å². The average molecular weight is 364 g/mol. The molecule has 0 unspecified atom stereocenters. The van der Waals surface area contributed by atoms with E-state index in [1.54, 1.807) is 4.90 Å². The van der Waals surface area contributed by atoms with E-state index in [1.165, 1.54) is 0 Å². The van der Waals surface area contributed by atoms with E-state index in [4.69, 9.17) is 4.74 Å². The van der Waals surface area contributed by atoms with Crippen molar-refractivity contribution in [2.45, 2.75) is 46.5 Å². The molecule has 0 atom stereocenters. The average Bonchev–Trinajstić information content (AvgIpc) is 3.08. The van der Waals surface area contributed by atoms with Crippen LogP contribution in [0.5, 0.6) is 0 Å². The summed E-state index contributed by atoms with van der Waals surface area (Å²) in [6.45, 7) is 9.45. The summed E-state index contributed by atoms with van der Waals surface area (Å²) in [7, 11) is 0. The second kappa shape index (κ2) is 10.3. The third-order valence-corrected chi connectivity index (χ3v) is 4.60. The zero-order valence-electron chi connectivity index (χ0n) is 16.2. The van der Waals surface area contributed by atoms with Crippen LogP contribution in [0.25, 0.3) is 0 Å². The highest BCUT2D eigenvalue weighted by molar-refractivity contribution is 5.92. The van der Waals surface area contributed by atoms with E-state index in [9.17, 15) is 9.59 Å². The number of nitrogens with one attached hydrogen (secondary N) is 2. The van der Waals surface area contributed by atoms with Gasteiger partial charge in [-0.25, -0.2) is 0 Å². The van der Waals surface area contributed by atoms with Gasteiger partial charge in [-0.3, -0.25) is 14.7 Å². The molecule has 1 aliphatic rings. The van der Waals surface area contributed by atoms with Crippen LogP contribution in [0.15, 0.2) is 6.07 Å². The van der Waals surface area contributed by atoms with Gasteiger partial charge in [0.05, 0.1) is 0 Å². The number of H-pyrrole nitrogens is 1. The first-order valence-corrected chi connectivity index (χ1v) is 9.70. The van der Waals surface area contributed by atoms with Gasteiger partial charge in [0.1, 0.15) is 5.69 Å². The standard InChI is InChI=1S/C19H32N4O3/c1-4-26-11-5-8-20-18(24)15-6-9-23(10-7-15)19(25)17-13-16(21-22-17)12-14(2)3/h13-15H,4-12H2,1-3H3,(H,20,24)(H,21,22). The highest BCUT2D eigenvalue weighted by Gasteiger charge is 2.28. The Kier molecular flexibility index (Phi) is 8.09. The molecule has 2 rings (SSSR count). The van der Waals surface area contributed by atoms with Crippen LogP contribution in [-0.4, -0.2) is 59.8 Å². The minimum Gasteiger partial charge on any atom is -0.382 e. The van der Waals surface area contributed by atoms with Crippen LogP contribution in [0.2, 0.25) is 0 Å². The van der Waals surface area contributed by atoms with E-state index in [-0.39, 0.29) is 17.7 Å². The third kappa shape index (κ3) is 6.12. The molecule has 26 heavy (non-hydrogen) atoms. The quantitative estimate of drug-likeness (QED) is 0.656. The first kappa shape index (κ1) is 20.4. The molecule has 7 heteroatoms. The number of hydrogen-bond donors (Lipinski definition) is 2. The Morgan fingerprint density at radius 3 is 2.77 bits per heavy atom. The van der Waals surface area contributed by atoms with Crippen molar-refractivity contribution < 1.29 is 14.3 Å². The van der Waals surface area contributed by atoms with E-state index in [0.29, 0.717) is 57.3 Å². The number of piperidine rings is 1. The lowest BCUT2D eigenvalue weighted by Gasteiger charge is -2.30. The van der Waals surface area contributed by atoms with Crippen molar-refractivity contribution in [2.24, 2.45) is 11.8 Å². The summed E-state index contributed by atoms with van der Waals surface area (Å²) in [6.07, 6.45) is 3.11. The van der Waals surface area contributed by atoms with Crippen molar-refractivity contribution in [3.8, 4) is 0 Å². The van der Waals surface area contributed by atoms with Crippen molar-refractivity contribution in [3.63, 3.8) is 0 Å². The Balaban J connectivity index is 1.74. The number of carbonyl (C=O) groups excluding carboxylic acids is 2. The Bertz CT molecular complexity index is 577. The molecule has 1 fully saturated rings. The maximum atomic E-state index is 12.6. The maximum Gasteiger partial charge on any atom is 0.274 e. The molecule has 146 valence electrons. The second-order valence-electron chi connectivity index (χ2n) is 7.28. The fourth-order valence-electron chi connectivity index (χ4n) is 3.20. The number of likely N-dealkylation sites (tertiary alicyclic amines) is 1. The van der Waals surface area contributed by atoms with Crippen molar-refractivity contribution in [1.82, 2.24) is 20.4 Å². The molecule has 0 saturated carbocycles. The van der Waals surface area contributed by atoms with Crippen LogP contribution in [0.4, 0.5) is 0 Å². The van der Waals surface area contributed by atoms with Crippen LogP contribution in [-0.2, 0) is 16.0 Å². The number of aromatic nitrogens is 2. The summed E-state index contributed by atoms with van der Waals surface area (Å²) >= 11 is 0. The fraction of sp³-hybridized carbons (Fsp3) is 0.737. The molecule has 7 nitrogen and oxygen atoms in total. The zero-order valence-corrected chi connectivity index (χ0v) is 16.2. The van der Waals surface area contributed by atoms with E-state index in [0.717, 1.165) is 18.5 Å². The first-order valence-electron chi connectivity index (χ1n) is 9.70. The molecule has 1 saturated heterocycles. The minimum atomic E-state index is -0.0492. The summed E-state index contributed by atoms with van der Waals surface area (Å²) in [6, 6.07) is 1.85. The summed E-state index contributed by atoms with van der Waals surface area (Å²) < 4.78 is 5.26. The Hall–Kier alpha value is -1.89. The van der Waals surface area contributed by atoms with Crippen LogP contribution in [0.1, 0.15) is 56.2 Å². The van der Waals surface area contributed by atoms with Crippen LogP contribution >= 0.6 is 0 Å². The van der Waals surface area contributed by atoms with Gasteiger partial charge < -0.3 is 15.0 Å². The predicted molar refractivity (Wildman–Crippen MR) is 99.9 cm³/mol. The number of aromatic amines is 1. The summed E-state index contributed by atoms with van der Waals surface area (Å²) in [4.78, 5) is 26.6. The van der Waals surface area contributed by atoms with Gasteiger partial charge in [0, 0.05) is 44.5 Å². The summed E-state index contributed by atoms with van der Waals surface area (Å²) in [5, 5.41) is 10.1. The lowest BCUT2D eigenvalue weighted by atomic mass is 9.95. The largest absolute Gasteiger partial charge is 0.382 e. The number of carbonyl (C=O) groups is 2.